The lowest BCUT2D eigenvalue weighted by Crippen LogP contribution is -2.28. The predicted molar refractivity (Wildman–Crippen MR) is 59.3 cm³/mol. The van der Waals surface area contributed by atoms with E-state index in [4.69, 9.17) is 4.74 Å². The summed E-state index contributed by atoms with van der Waals surface area (Å²) < 4.78 is 5.38. The highest BCUT2D eigenvalue weighted by Crippen LogP contribution is 2.29. The van der Waals surface area contributed by atoms with Crippen LogP contribution in [-0.4, -0.2) is 12.6 Å². The number of rotatable bonds is 3. The summed E-state index contributed by atoms with van der Waals surface area (Å²) in [7, 11) is 0. The summed E-state index contributed by atoms with van der Waals surface area (Å²) in [6.07, 6.45) is 9.92. The molecule has 2 heteroatoms. The van der Waals surface area contributed by atoms with Gasteiger partial charge in [-0.15, -0.1) is 0 Å². The Balaban J connectivity index is 1.72. The Bertz CT molecular complexity index is 253. The van der Waals surface area contributed by atoms with Gasteiger partial charge in [0.05, 0.1) is 12.5 Å². The van der Waals surface area contributed by atoms with Gasteiger partial charge in [-0.1, -0.05) is 25.5 Å². The Morgan fingerprint density at radius 1 is 1.33 bits per heavy atom. The molecule has 2 nitrogen and oxygen atoms in total. The van der Waals surface area contributed by atoms with E-state index in [2.05, 4.69) is 19.1 Å². The molecule has 2 atom stereocenters. The van der Waals surface area contributed by atoms with Gasteiger partial charge in [-0.05, 0) is 37.5 Å². The number of carbonyl (C=O) groups is 1. The second kappa shape index (κ2) is 4.82. The minimum Gasteiger partial charge on any atom is -0.465 e. The van der Waals surface area contributed by atoms with E-state index in [0.29, 0.717) is 18.4 Å². The lowest BCUT2D eigenvalue weighted by Gasteiger charge is -2.27. The van der Waals surface area contributed by atoms with E-state index in [0.717, 1.165) is 25.7 Å². The summed E-state index contributed by atoms with van der Waals surface area (Å²) in [5.41, 5.74) is 0. The van der Waals surface area contributed by atoms with Crippen LogP contribution in [0.1, 0.15) is 39.0 Å². The Morgan fingerprint density at radius 3 is 2.67 bits per heavy atom. The summed E-state index contributed by atoms with van der Waals surface area (Å²) in [5.74, 6) is 1.46. The maximum atomic E-state index is 11.5. The summed E-state index contributed by atoms with van der Waals surface area (Å²) >= 11 is 0. The lowest BCUT2D eigenvalue weighted by molar-refractivity contribution is -0.153. The second-order valence-corrected chi connectivity index (χ2v) is 4.94. The maximum Gasteiger partial charge on any atom is 0.308 e. The van der Waals surface area contributed by atoms with E-state index in [1.54, 1.807) is 0 Å². The van der Waals surface area contributed by atoms with E-state index in [9.17, 15) is 4.79 Å². The van der Waals surface area contributed by atoms with E-state index in [1.807, 2.05) is 0 Å². The van der Waals surface area contributed by atoms with E-state index < -0.39 is 0 Å². The smallest absolute Gasteiger partial charge is 0.308 e. The lowest BCUT2D eigenvalue weighted by atomic mass is 9.84. The van der Waals surface area contributed by atoms with Crippen molar-refractivity contribution in [1.29, 1.82) is 0 Å². The molecule has 2 aliphatic carbocycles. The molecule has 0 bridgehead atoms. The average molecular weight is 208 g/mol. The van der Waals surface area contributed by atoms with Gasteiger partial charge in [0.25, 0.3) is 0 Å². The first-order valence-electron chi connectivity index (χ1n) is 6.09. The normalized spacial score (nSPS) is 31.0. The van der Waals surface area contributed by atoms with E-state index in [1.165, 1.54) is 6.42 Å². The van der Waals surface area contributed by atoms with Crippen LogP contribution in [0.5, 0.6) is 0 Å². The molecule has 0 aromatic carbocycles. The SMILES string of the molecule is CC1CC=CCC1COC(=O)C1CCC1. The molecule has 0 radical (unpaired) electrons. The molecule has 0 spiro atoms. The molecule has 0 saturated heterocycles. The molecular formula is C13H20O2. The highest BCUT2D eigenvalue weighted by molar-refractivity contribution is 5.73. The van der Waals surface area contributed by atoms with Crippen molar-refractivity contribution in [1.82, 2.24) is 0 Å². The van der Waals surface area contributed by atoms with Crippen LogP contribution in [0.4, 0.5) is 0 Å². The van der Waals surface area contributed by atoms with Gasteiger partial charge in [0.15, 0.2) is 0 Å². The molecule has 0 N–H and O–H groups in total. The van der Waals surface area contributed by atoms with Crippen LogP contribution >= 0.6 is 0 Å². The largest absolute Gasteiger partial charge is 0.465 e. The third-order valence-electron chi connectivity index (χ3n) is 3.80. The number of ether oxygens (including phenoxy) is 1. The molecule has 0 heterocycles. The molecule has 1 saturated carbocycles. The molecule has 2 unspecified atom stereocenters. The topological polar surface area (TPSA) is 26.3 Å². The van der Waals surface area contributed by atoms with Gasteiger partial charge in [0.1, 0.15) is 0 Å². The van der Waals surface area contributed by atoms with Crippen molar-refractivity contribution < 1.29 is 9.53 Å². The summed E-state index contributed by atoms with van der Waals surface area (Å²) in [6, 6.07) is 0. The quantitative estimate of drug-likeness (QED) is 0.526. The zero-order chi connectivity index (χ0) is 10.7. The van der Waals surface area contributed by atoms with Crippen LogP contribution in [0.15, 0.2) is 12.2 Å². The van der Waals surface area contributed by atoms with Gasteiger partial charge >= 0.3 is 5.97 Å². The molecule has 15 heavy (non-hydrogen) atoms. The number of allylic oxidation sites excluding steroid dienone is 2. The molecule has 84 valence electrons. The zero-order valence-electron chi connectivity index (χ0n) is 9.45. The van der Waals surface area contributed by atoms with Crippen molar-refractivity contribution in [3.8, 4) is 0 Å². The molecular weight excluding hydrogens is 188 g/mol. The van der Waals surface area contributed by atoms with E-state index in [-0.39, 0.29) is 11.9 Å². The van der Waals surface area contributed by atoms with Gasteiger partial charge in [-0.3, -0.25) is 4.79 Å². The number of carbonyl (C=O) groups excluding carboxylic acids is 1. The first-order valence-corrected chi connectivity index (χ1v) is 6.09. The van der Waals surface area contributed by atoms with Crippen molar-refractivity contribution in [2.24, 2.45) is 17.8 Å². The van der Waals surface area contributed by atoms with Crippen molar-refractivity contribution in [3.05, 3.63) is 12.2 Å². The van der Waals surface area contributed by atoms with Crippen LogP contribution in [0.2, 0.25) is 0 Å². The van der Waals surface area contributed by atoms with Crippen molar-refractivity contribution >= 4 is 5.97 Å². The molecule has 0 amide bonds. The maximum absolute atomic E-state index is 11.5. The Hall–Kier alpha value is -0.790. The zero-order valence-corrected chi connectivity index (χ0v) is 9.45. The van der Waals surface area contributed by atoms with Crippen molar-refractivity contribution in [2.45, 2.75) is 39.0 Å². The van der Waals surface area contributed by atoms with Gasteiger partial charge in [-0.25, -0.2) is 0 Å². The molecule has 2 aliphatic rings. The van der Waals surface area contributed by atoms with Crippen molar-refractivity contribution in [3.63, 3.8) is 0 Å². The molecule has 1 fully saturated rings. The fourth-order valence-corrected chi connectivity index (χ4v) is 2.19. The van der Waals surface area contributed by atoms with E-state index >= 15 is 0 Å². The summed E-state index contributed by atoms with van der Waals surface area (Å²) in [5, 5.41) is 0. The molecule has 0 aromatic heterocycles. The van der Waals surface area contributed by atoms with Gasteiger partial charge in [0.2, 0.25) is 0 Å². The van der Waals surface area contributed by atoms with Crippen LogP contribution in [0.25, 0.3) is 0 Å². The number of hydrogen-bond acceptors (Lipinski definition) is 2. The molecule has 2 rings (SSSR count). The van der Waals surface area contributed by atoms with Gasteiger partial charge < -0.3 is 4.74 Å². The fourth-order valence-electron chi connectivity index (χ4n) is 2.19. The molecule has 0 aromatic rings. The monoisotopic (exact) mass is 208 g/mol. The van der Waals surface area contributed by atoms with Crippen molar-refractivity contribution in [2.75, 3.05) is 6.61 Å². The first kappa shape index (κ1) is 10.7. The number of hydrogen-bond donors (Lipinski definition) is 0. The summed E-state index contributed by atoms with van der Waals surface area (Å²) in [4.78, 5) is 11.5. The summed E-state index contributed by atoms with van der Waals surface area (Å²) in [6.45, 7) is 2.87. The second-order valence-electron chi connectivity index (χ2n) is 4.94. The average Bonchev–Trinajstić information content (AvgIpc) is 2.14. The Labute approximate surface area is 91.7 Å². The third kappa shape index (κ3) is 2.61. The fraction of sp³-hybridized carbons (Fsp3) is 0.769. The third-order valence-corrected chi connectivity index (χ3v) is 3.80. The molecule has 0 aliphatic heterocycles. The van der Waals surface area contributed by atoms with Crippen LogP contribution < -0.4 is 0 Å². The van der Waals surface area contributed by atoms with Crippen LogP contribution in [0, 0.1) is 17.8 Å². The number of esters is 1. The van der Waals surface area contributed by atoms with Crippen LogP contribution in [0.3, 0.4) is 0 Å². The minimum absolute atomic E-state index is 0.0444. The van der Waals surface area contributed by atoms with Crippen LogP contribution in [-0.2, 0) is 9.53 Å². The van der Waals surface area contributed by atoms with Gasteiger partial charge in [-0.2, -0.15) is 0 Å². The Morgan fingerprint density at radius 2 is 2.07 bits per heavy atom. The first-order chi connectivity index (χ1) is 7.27. The highest BCUT2D eigenvalue weighted by Gasteiger charge is 2.28. The Kier molecular flexibility index (Phi) is 3.45. The highest BCUT2D eigenvalue weighted by atomic mass is 16.5. The minimum atomic E-state index is 0.0444. The van der Waals surface area contributed by atoms with Gasteiger partial charge in [0, 0.05) is 0 Å². The standard InChI is InChI=1S/C13H20O2/c1-10-5-2-3-6-12(10)9-15-13(14)11-7-4-8-11/h2-3,10-12H,4-9H2,1H3. The predicted octanol–water partition coefficient (Wildman–Crippen LogP) is 2.93.